The molecule has 0 aliphatic carbocycles. The van der Waals surface area contributed by atoms with E-state index < -0.39 is 0 Å². The van der Waals surface area contributed by atoms with Gasteiger partial charge >= 0.3 is 0 Å². The van der Waals surface area contributed by atoms with Crippen molar-refractivity contribution in [2.45, 2.75) is 168 Å². The van der Waals surface area contributed by atoms with Crippen molar-refractivity contribution >= 4 is 12.6 Å². The Morgan fingerprint density at radius 1 is 0.344 bits per heavy atom. The number of unbranched alkanes of at least 4 members (excludes halogenated alkanes) is 22. The number of rotatable bonds is 28. The predicted octanol–water partition coefficient (Wildman–Crippen LogP) is 10.6. The smallest absolute Gasteiger partial charge is 0.00698 e. The van der Waals surface area contributed by atoms with Gasteiger partial charge in [-0.1, -0.05) is 155 Å². The lowest BCUT2D eigenvalue weighted by molar-refractivity contribution is 0.275. The molecular weight excluding hydrogens is 406 g/mol. The largest absolute Gasteiger partial charge is 0.303 e. The van der Waals surface area contributed by atoms with E-state index in [0.29, 0.717) is 0 Å². The molecule has 0 saturated carbocycles. The van der Waals surface area contributed by atoms with E-state index >= 15 is 0 Å². The maximum atomic E-state index is 4.49. The van der Waals surface area contributed by atoms with Gasteiger partial charge in [-0.2, -0.15) is 12.6 Å². The Bertz CT molecular complexity index is 292. The van der Waals surface area contributed by atoms with Crippen LogP contribution >= 0.6 is 12.6 Å². The van der Waals surface area contributed by atoms with Crippen LogP contribution in [-0.4, -0.2) is 30.3 Å². The molecule has 0 aromatic heterocycles. The van der Waals surface area contributed by atoms with Gasteiger partial charge in [-0.15, -0.1) is 0 Å². The molecule has 0 fully saturated rings. The Morgan fingerprint density at radius 3 is 0.844 bits per heavy atom. The Kier molecular flexibility index (Phi) is 29.6. The maximum Gasteiger partial charge on any atom is 0.00698 e. The third-order valence-corrected chi connectivity index (χ3v) is 7.27. The lowest BCUT2D eigenvalue weighted by Gasteiger charge is -2.21. The molecule has 1 nitrogen and oxygen atoms in total. The van der Waals surface area contributed by atoms with Crippen molar-refractivity contribution in [1.82, 2.24) is 4.90 Å². The van der Waals surface area contributed by atoms with E-state index in [1.54, 1.807) is 0 Å². The van der Waals surface area contributed by atoms with Gasteiger partial charge < -0.3 is 4.90 Å². The van der Waals surface area contributed by atoms with Crippen molar-refractivity contribution in [3.8, 4) is 0 Å². The summed E-state index contributed by atoms with van der Waals surface area (Å²) in [5, 5.41) is 0. The molecule has 194 valence electrons. The highest BCUT2D eigenvalue weighted by atomic mass is 32.1. The highest BCUT2D eigenvalue weighted by Gasteiger charge is 2.04. The second kappa shape index (κ2) is 29.3. The van der Waals surface area contributed by atoms with Crippen LogP contribution < -0.4 is 0 Å². The van der Waals surface area contributed by atoms with Crippen LogP contribution in [0.25, 0.3) is 0 Å². The summed E-state index contributed by atoms with van der Waals surface area (Å²) in [5.41, 5.74) is 0. The summed E-state index contributed by atoms with van der Waals surface area (Å²) in [7, 11) is 0. The average Bonchev–Trinajstić information content (AvgIpc) is 2.80. The summed E-state index contributed by atoms with van der Waals surface area (Å²) in [5.74, 6) is 1.01. The summed E-state index contributed by atoms with van der Waals surface area (Å²) >= 11 is 4.49. The first-order valence-corrected chi connectivity index (χ1v) is 15.8. The first kappa shape index (κ1) is 32.3. The topological polar surface area (TPSA) is 3.24 Å². The van der Waals surface area contributed by atoms with Gasteiger partial charge in [-0.25, -0.2) is 0 Å². The summed E-state index contributed by atoms with van der Waals surface area (Å²) in [6, 6.07) is 0. The van der Waals surface area contributed by atoms with Crippen molar-refractivity contribution in [3.05, 3.63) is 0 Å². The van der Waals surface area contributed by atoms with Gasteiger partial charge in [-0.3, -0.25) is 0 Å². The monoisotopic (exact) mass is 469 g/mol. The van der Waals surface area contributed by atoms with Gasteiger partial charge in [0.05, 0.1) is 0 Å². The lowest BCUT2D eigenvalue weighted by atomic mass is 10.0. The third kappa shape index (κ3) is 26.6. The van der Waals surface area contributed by atoms with E-state index in [-0.39, 0.29) is 0 Å². The molecule has 0 rings (SSSR count). The molecule has 0 aliphatic heterocycles. The van der Waals surface area contributed by atoms with Crippen LogP contribution in [0.3, 0.4) is 0 Å². The van der Waals surface area contributed by atoms with Gasteiger partial charge in [0, 0.05) is 12.3 Å². The quantitative estimate of drug-likeness (QED) is 0.0880. The number of nitrogens with zero attached hydrogens (tertiary/aromatic N) is 1. The Balaban J connectivity index is 3.39. The molecule has 32 heavy (non-hydrogen) atoms. The minimum atomic E-state index is 1.01. The van der Waals surface area contributed by atoms with E-state index in [9.17, 15) is 0 Å². The molecule has 0 radical (unpaired) electrons. The zero-order valence-electron chi connectivity index (χ0n) is 22.7. The van der Waals surface area contributed by atoms with Crippen LogP contribution in [0.5, 0.6) is 0 Å². The van der Waals surface area contributed by atoms with Gasteiger partial charge in [0.15, 0.2) is 0 Å². The number of hydrogen-bond donors (Lipinski definition) is 1. The van der Waals surface area contributed by atoms with Crippen molar-refractivity contribution < 1.29 is 0 Å². The molecule has 0 heterocycles. The van der Waals surface area contributed by atoms with Crippen LogP contribution in [0.15, 0.2) is 0 Å². The van der Waals surface area contributed by atoms with Gasteiger partial charge in [0.1, 0.15) is 0 Å². The summed E-state index contributed by atoms with van der Waals surface area (Å²) < 4.78 is 0. The summed E-state index contributed by atoms with van der Waals surface area (Å²) in [6.45, 7) is 8.39. The number of thiol groups is 1. The first-order chi connectivity index (χ1) is 15.8. The van der Waals surface area contributed by atoms with Crippen LogP contribution in [0.2, 0.25) is 0 Å². The normalized spacial score (nSPS) is 11.6. The SMILES string of the molecule is CCCCCCCCCCCCCCN(CCS)CCCCCCCCCCCCCC. The summed E-state index contributed by atoms with van der Waals surface area (Å²) in [6.07, 6.45) is 34.6. The standard InChI is InChI=1S/C30H63NS/c1-3-5-7-9-11-13-15-17-19-21-23-25-27-31(29-30-32)28-26-24-22-20-18-16-14-12-10-8-6-4-2/h32H,3-30H2,1-2H3. The molecule has 0 N–H and O–H groups in total. The molecule has 0 saturated heterocycles. The third-order valence-electron chi connectivity index (χ3n) is 7.07. The molecule has 2 heteroatoms. The summed E-state index contributed by atoms with van der Waals surface area (Å²) in [4.78, 5) is 2.68. The van der Waals surface area contributed by atoms with Crippen LogP contribution in [0.4, 0.5) is 0 Å². The fourth-order valence-electron chi connectivity index (χ4n) is 4.83. The highest BCUT2D eigenvalue weighted by molar-refractivity contribution is 7.80. The van der Waals surface area contributed by atoms with Crippen LogP contribution in [0.1, 0.15) is 168 Å². The van der Waals surface area contributed by atoms with E-state index in [1.807, 2.05) is 0 Å². The second-order valence-corrected chi connectivity index (χ2v) is 10.8. The van der Waals surface area contributed by atoms with E-state index in [4.69, 9.17) is 0 Å². The van der Waals surface area contributed by atoms with Gasteiger partial charge in [0.2, 0.25) is 0 Å². The Labute approximate surface area is 210 Å². The van der Waals surface area contributed by atoms with Gasteiger partial charge in [-0.05, 0) is 25.9 Å². The molecule has 0 aromatic rings. The highest BCUT2D eigenvalue weighted by Crippen LogP contribution is 2.14. The second-order valence-electron chi connectivity index (χ2n) is 10.3. The fraction of sp³-hybridized carbons (Fsp3) is 1.00. The molecule has 0 spiro atoms. The van der Waals surface area contributed by atoms with Crippen LogP contribution in [-0.2, 0) is 0 Å². The Morgan fingerprint density at radius 2 is 0.594 bits per heavy atom. The maximum absolute atomic E-state index is 4.49. The molecule has 0 amide bonds. The van der Waals surface area contributed by atoms with Crippen molar-refractivity contribution in [2.24, 2.45) is 0 Å². The molecular formula is C30H63NS. The molecule has 0 atom stereocenters. The van der Waals surface area contributed by atoms with Crippen LogP contribution in [0, 0.1) is 0 Å². The fourth-order valence-corrected chi connectivity index (χ4v) is 5.11. The van der Waals surface area contributed by atoms with Crippen molar-refractivity contribution in [1.29, 1.82) is 0 Å². The average molecular weight is 470 g/mol. The zero-order valence-corrected chi connectivity index (χ0v) is 23.6. The Hall–Kier alpha value is 0.310. The molecule has 0 aromatic carbocycles. The lowest BCUT2D eigenvalue weighted by Crippen LogP contribution is -2.28. The van der Waals surface area contributed by atoms with Crippen molar-refractivity contribution in [3.63, 3.8) is 0 Å². The minimum absolute atomic E-state index is 1.01. The van der Waals surface area contributed by atoms with Gasteiger partial charge in [0.25, 0.3) is 0 Å². The van der Waals surface area contributed by atoms with E-state index in [2.05, 4.69) is 31.4 Å². The van der Waals surface area contributed by atoms with Crippen molar-refractivity contribution in [2.75, 3.05) is 25.4 Å². The molecule has 0 aliphatic rings. The minimum Gasteiger partial charge on any atom is -0.303 e. The molecule has 0 bridgehead atoms. The number of hydrogen-bond acceptors (Lipinski definition) is 2. The predicted molar refractivity (Wildman–Crippen MR) is 152 cm³/mol. The molecule has 0 unspecified atom stereocenters. The van der Waals surface area contributed by atoms with E-state index in [0.717, 1.165) is 5.75 Å². The first-order valence-electron chi connectivity index (χ1n) is 15.2. The zero-order chi connectivity index (χ0) is 23.4. The van der Waals surface area contributed by atoms with E-state index in [1.165, 1.54) is 174 Å².